The van der Waals surface area contributed by atoms with E-state index in [-0.39, 0.29) is 17.8 Å². The first kappa shape index (κ1) is 16.7. The van der Waals surface area contributed by atoms with E-state index in [9.17, 15) is 9.90 Å². The van der Waals surface area contributed by atoms with Crippen molar-refractivity contribution in [2.75, 3.05) is 11.9 Å². The molecule has 5 nitrogen and oxygen atoms in total. The summed E-state index contributed by atoms with van der Waals surface area (Å²) < 4.78 is 5.36. The second kappa shape index (κ2) is 8.08. The molecule has 0 heterocycles. The van der Waals surface area contributed by atoms with Crippen LogP contribution in [-0.4, -0.2) is 23.8 Å². The summed E-state index contributed by atoms with van der Waals surface area (Å²) in [6.07, 6.45) is 0.691. The Balaban J connectivity index is 1.82. The molecule has 2 aromatic carbocycles. The molecule has 0 aliphatic carbocycles. The molecule has 0 aliphatic rings. The number of phenols is 1. The number of hydrogen-bond donors (Lipinski definition) is 3. The molecular formula is C18H22N2O3. The molecule has 0 aliphatic heterocycles. The van der Waals surface area contributed by atoms with E-state index in [0.29, 0.717) is 18.7 Å². The lowest BCUT2D eigenvalue weighted by molar-refractivity contribution is 0.249. The number of anilines is 1. The van der Waals surface area contributed by atoms with Crippen LogP contribution in [0.2, 0.25) is 0 Å². The lowest BCUT2D eigenvalue weighted by atomic mass is 10.1. The summed E-state index contributed by atoms with van der Waals surface area (Å²) in [6, 6.07) is 13.9. The monoisotopic (exact) mass is 314 g/mol. The summed E-state index contributed by atoms with van der Waals surface area (Å²) >= 11 is 0. The maximum absolute atomic E-state index is 12.0. The van der Waals surface area contributed by atoms with Gasteiger partial charge in [-0.2, -0.15) is 0 Å². The minimum Gasteiger partial charge on any atom is -0.508 e. The van der Waals surface area contributed by atoms with Gasteiger partial charge >= 0.3 is 6.03 Å². The fraction of sp³-hybridized carbons (Fsp3) is 0.278. The van der Waals surface area contributed by atoms with Gasteiger partial charge in [-0.25, -0.2) is 4.79 Å². The number of carbonyl (C=O) groups is 1. The highest BCUT2D eigenvalue weighted by Crippen LogP contribution is 2.15. The minimum atomic E-state index is -0.250. The van der Waals surface area contributed by atoms with Gasteiger partial charge in [0, 0.05) is 11.7 Å². The van der Waals surface area contributed by atoms with Crippen molar-refractivity contribution >= 4 is 11.7 Å². The van der Waals surface area contributed by atoms with Crippen LogP contribution >= 0.6 is 0 Å². The summed E-state index contributed by atoms with van der Waals surface area (Å²) in [5, 5.41) is 14.9. The van der Waals surface area contributed by atoms with E-state index in [1.165, 1.54) is 0 Å². The summed E-state index contributed by atoms with van der Waals surface area (Å²) in [6.45, 7) is 4.47. The van der Waals surface area contributed by atoms with Crippen LogP contribution in [0.25, 0.3) is 0 Å². The van der Waals surface area contributed by atoms with Gasteiger partial charge in [-0.15, -0.1) is 0 Å². The third-order valence-electron chi connectivity index (χ3n) is 3.28. The molecule has 2 rings (SSSR count). The van der Waals surface area contributed by atoms with Gasteiger partial charge in [0.25, 0.3) is 0 Å². The summed E-state index contributed by atoms with van der Waals surface area (Å²) in [4.78, 5) is 12.0. The van der Waals surface area contributed by atoms with Crippen LogP contribution in [0.15, 0.2) is 48.5 Å². The molecule has 2 amide bonds. The number of aromatic hydroxyl groups is 1. The van der Waals surface area contributed by atoms with E-state index in [4.69, 9.17) is 4.74 Å². The lowest BCUT2D eigenvalue weighted by Gasteiger charge is -2.15. The first-order valence-corrected chi connectivity index (χ1v) is 7.65. The van der Waals surface area contributed by atoms with Crippen molar-refractivity contribution in [3.05, 3.63) is 54.1 Å². The Morgan fingerprint density at radius 2 is 1.78 bits per heavy atom. The van der Waals surface area contributed by atoms with Crippen LogP contribution in [0.5, 0.6) is 11.5 Å². The Morgan fingerprint density at radius 1 is 1.13 bits per heavy atom. The average Bonchev–Trinajstić information content (AvgIpc) is 2.51. The predicted octanol–water partition coefficient (Wildman–Crippen LogP) is 3.54. The fourth-order valence-corrected chi connectivity index (χ4v) is 2.23. The van der Waals surface area contributed by atoms with E-state index < -0.39 is 0 Å². The number of benzene rings is 2. The van der Waals surface area contributed by atoms with Crippen molar-refractivity contribution in [2.24, 2.45) is 0 Å². The third-order valence-corrected chi connectivity index (χ3v) is 3.28. The molecular weight excluding hydrogens is 292 g/mol. The zero-order valence-electron chi connectivity index (χ0n) is 13.4. The molecule has 0 aromatic heterocycles. The SMILES string of the molecule is CCOc1ccc(NC(=O)NC(C)Cc2ccc(O)cc2)cc1. The number of nitrogens with one attached hydrogen (secondary N) is 2. The summed E-state index contributed by atoms with van der Waals surface area (Å²) in [5.41, 5.74) is 1.76. The van der Waals surface area contributed by atoms with Gasteiger partial charge < -0.3 is 20.5 Å². The van der Waals surface area contributed by atoms with E-state index in [0.717, 1.165) is 11.3 Å². The van der Waals surface area contributed by atoms with Gasteiger partial charge in [0.05, 0.1) is 6.61 Å². The Labute approximate surface area is 136 Å². The smallest absolute Gasteiger partial charge is 0.319 e. The van der Waals surface area contributed by atoms with Crippen molar-refractivity contribution in [1.29, 1.82) is 0 Å². The third kappa shape index (κ3) is 5.54. The quantitative estimate of drug-likeness (QED) is 0.763. The van der Waals surface area contributed by atoms with Crippen LogP contribution in [-0.2, 0) is 6.42 Å². The van der Waals surface area contributed by atoms with Gasteiger partial charge in [0.1, 0.15) is 11.5 Å². The normalized spacial score (nSPS) is 11.6. The van der Waals surface area contributed by atoms with Crippen LogP contribution in [0.4, 0.5) is 10.5 Å². The molecule has 0 spiro atoms. The molecule has 3 N–H and O–H groups in total. The molecule has 0 radical (unpaired) electrons. The number of carbonyl (C=O) groups excluding carboxylic acids is 1. The van der Waals surface area contributed by atoms with E-state index >= 15 is 0 Å². The van der Waals surface area contributed by atoms with Gasteiger partial charge in [-0.3, -0.25) is 0 Å². The summed E-state index contributed by atoms with van der Waals surface area (Å²) in [7, 11) is 0. The van der Waals surface area contributed by atoms with Crippen molar-refractivity contribution in [3.8, 4) is 11.5 Å². The molecule has 0 saturated heterocycles. The highest BCUT2D eigenvalue weighted by atomic mass is 16.5. The first-order chi connectivity index (χ1) is 11.1. The Bertz CT molecular complexity index is 624. The van der Waals surface area contributed by atoms with E-state index in [2.05, 4.69) is 10.6 Å². The minimum absolute atomic E-state index is 0.0257. The van der Waals surface area contributed by atoms with E-state index in [1.807, 2.05) is 38.1 Å². The second-order valence-electron chi connectivity index (χ2n) is 5.33. The van der Waals surface area contributed by atoms with Crippen LogP contribution in [0.1, 0.15) is 19.4 Å². The number of hydrogen-bond acceptors (Lipinski definition) is 3. The first-order valence-electron chi connectivity index (χ1n) is 7.65. The zero-order valence-corrected chi connectivity index (χ0v) is 13.4. The maximum Gasteiger partial charge on any atom is 0.319 e. The Kier molecular flexibility index (Phi) is 5.86. The van der Waals surface area contributed by atoms with Gasteiger partial charge in [0.2, 0.25) is 0 Å². The zero-order chi connectivity index (χ0) is 16.7. The number of phenolic OH excluding ortho intramolecular Hbond substituents is 1. The van der Waals surface area contributed by atoms with Gasteiger partial charge in [-0.1, -0.05) is 12.1 Å². The number of urea groups is 1. The van der Waals surface area contributed by atoms with Gasteiger partial charge in [0.15, 0.2) is 0 Å². The van der Waals surface area contributed by atoms with Crippen LogP contribution < -0.4 is 15.4 Å². The second-order valence-corrected chi connectivity index (χ2v) is 5.33. The topological polar surface area (TPSA) is 70.6 Å². The molecule has 1 atom stereocenters. The molecule has 122 valence electrons. The van der Waals surface area contributed by atoms with Crippen molar-refractivity contribution in [1.82, 2.24) is 5.32 Å². The molecule has 0 bridgehead atoms. The Morgan fingerprint density at radius 3 is 2.39 bits per heavy atom. The summed E-state index contributed by atoms with van der Waals surface area (Å²) in [5.74, 6) is 1.02. The maximum atomic E-state index is 12.0. The highest BCUT2D eigenvalue weighted by molar-refractivity contribution is 5.89. The van der Waals surface area contributed by atoms with Gasteiger partial charge in [-0.05, 0) is 62.2 Å². The standard InChI is InChI=1S/C18H22N2O3/c1-3-23-17-10-6-15(7-11-17)20-18(22)19-13(2)12-14-4-8-16(21)9-5-14/h4-11,13,21H,3,12H2,1-2H3,(H2,19,20,22). The van der Waals surface area contributed by atoms with E-state index in [1.54, 1.807) is 24.3 Å². The molecule has 23 heavy (non-hydrogen) atoms. The van der Waals surface area contributed by atoms with Crippen molar-refractivity contribution < 1.29 is 14.6 Å². The lowest BCUT2D eigenvalue weighted by Crippen LogP contribution is -2.37. The molecule has 1 unspecified atom stereocenters. The van der Waals surface area contributed by atoms with Crippen LogP contribution in [0, 0.1) is 0 Å². The molecule has 5 heteroatoms. The van der Waals surface area contributed by atoms with Crippen molar-refractivity contribution in [3.63, 3.8) is 0 Å². The molecule has 0 saturated carbocycles. The Hall–Kier alpha value is -2.69. The largest absolute Gasteiger partial charge is 0.508 e. The molecule has 2 aromatic rings. The number of rotatable bonds is 6. The molecule has 0 fully saturated rings. The van der Waals surface area contributed by atoms with Crippen LogP contribution in [0.3, 0.4) is 0 Å². The number of amides is 2. The van der Waals surface area contributed by atoms with Crippen molar-refractivity contribution in [2.45, 2.75) is 26.3 Å². The number of ether oxygens (including phenoxy) is 1. The average molecular weight is 314 g/mol. The predicted molar refractivity (Wildman–Crippen MR) is 91.0 cm³/mol. The highest BCUT2D eigenvalue weighted by Gasteiger charge is 2.08. The fourth-order valence-electron chi connectivity index (χ4n) is 2.23.